The van der Waals surface area contributed by atoms with E-state index in [0.29, 0.717) is 5.92 Å². The van der Waals surface area contributed by atoms with E-state index >= 15 is 0 Å². The average Bonchev–Trinajstić information content (AvgIpc) is 1.98. The summed E-state index contributed by atoms with van der Waals surface area (Å²) in [5.41, 5.74) is -0.165. The summed E-state index contributed by atoms with van der Waals surface area (Å²) >= 11 is 0. The summed E-state index contributed by atoms with van der Waals surface area (Å²) in [7, 11) is 1.84. The topological polar surface area (TPSA) is 32.3 Å². The predicted octanol–water partition coefficient (Wildman–Crippen LogP) is 2.47. The molecule has 0 bridgehead atoms. The largest absolute Gasteiger partial charge is 0.333 e. The highest BCUT2D eigenvalue weighted by atomic mass is 16.2. The van der Waals surface area contributed by atoms with Crippen LogP contribution < -0.4 is 5.32 Å². The molecule has 84 valence electrons. The van der Waals surface area contributed by atoms with Crippen LogP contribution >= 0.6 is 0 Å². The van der Waals surface area contributed by atoms with Gasteiger partial charge in [0.25, 0.3) is 0 Å². The molecule has 0 aliphatic carbocycles. The molecule has 14 heavy (non-hydrogen) atoms. The van der Waals surface area contributed by atoms with Gasteiger partial charge in [-0.05, 0) is 33.6 Å². The fourth-order valence-corrected chi connectivity index (χ4v) is 1.04. The molecule has 0 heterocycles. The summed E-state index contributed by atoms with van der Waals surface area (Å²) in [6, 6.07) is 0.260. The van der Waals surface area contributed by atoms with Crippen LogP contribution in [0.25, 0.3) is 0 Å². The summed E-state index contributed by atoms with van der Waals surface area (Å²) in [6.45, 7) is 12.3. The third-order valence-corrected chi connectivity index (χ3v) is 2.38. The van der Waals surface area contributed by atoms with Crippen LogP contribution in [0.2, 0.25) is 0 Å². The molecule has 0 saturated heterocycles. The highest BCUT2D eigenvalue weighted by Crippen LogP contribution is 2.09. The van der Waals surface area contributed by atoms with Gasteiger partial charge in [0.05, 0.1) is 0 Å². The molecule has 0 rings (SSSR count). The third kappa shape index (κ3) is 4.49. The zero-order valence-corrected chi connectivity index (χ0v) is 10.5. The van der Waals surface area contributed by atoms with Gasteiger partial charge in [-0.25, -0.2) is 4.79 Å². The highest BCUT2D eigenvalue weighted by molar-refractivity contribution is 5.74. The van der Waals surface area contributed by atoms with Gasteiger partial charge in [0, 0.05) is 18.6 Å². The Morgan fingerprint density at radius 1 is 1.21 bits per heavy atom. The minimum atomic E-state index is -0.165. The van der Waals surface area contributed by atoms with Crippen molar-refractivity contribution in [3.63, 3.8) is 0 Å². The minimum Gasteiger partial charge on any atom is -0.333 e. The lowest BCUT2D eigenvalue weighted by Crippen LogP contribution is -2.50. The Bertz CT molecular complexity index is 194. The molecule has 0 fully saturated rings. The zero-order valence-electron chi connectivity index (χ0n) is 10.5. The second-order valence-electron chi connectivity index (χ2n) is 5.28. The monoisotopic (exact) mass is 200 g/mol. The van der Waals surface area contributed by atoms with Gasteiger partial charge in [-0.3, -0.25) is 0 Å². The second-order valence-corrected chi connectivity index (χ2v) is 5.28. The number of hydrogen-bond acceptors (Lipinski definition) is 1. The molecule has 0 aromatic carbocycles. The molecular formula is C11H24N2O. The first-order valence-corrected chi connectivity index (χ1v) is 5.20. The van der Waals surface area contributed by atoms with Crippen LogP contribution in [0, 0.1) is 5.92 Å². The number of rotatable bonds is 2. The molecule has 0 aliphatic heterocycles. The summed E-state index contributed by atoms with van der Waals surface area (Å²) in [4.78, 5) is 13.5. The molecule has 0 spiro atoms. The summed E-state index contributed by atoms with van der Waals surface area (Å²) in [5, 5.41) is 2.94. The smallest absolute Gasteiger partial charge is 0.317 e. The maximum absolute atomic E-state index is 11.7. The Labute approximate surface area is 87.9 Å². The Kier molecular flexibility index (Phi) is 4.43. The maximum atomic E-state index is 11.7. The molecule has 3 nitrogen and oxygen atoms in total. The Hall–Kier alpha value is -0.730. The quantitative estimate of drug-likeness (QED) is 0.729. The Morgan fingerprint density at radius 2 is 1.64 bits per heavy atom. The first-order chi connectivity index (χ1) is 6.15. The van der Waals surface area contributed by atoms with Crippen LogP contribution in [-0.2, 0) is 0 Å². The maximum Gasteiger partial charge on any atom is 0.317 e. The summed E-state index contributed by atoms with van der Waals surface area (Å²) in [6.07, 6.45) is 0. The van der Waals surface area contributed by atoms with E-state index in [-0.39, 0.29) is 17.6 Å². The van der Waals surface area contributed by atoms with Crippen LogP contribution in [0.15, 0.2) is 0 Å². The van der Waals surface area contributed by atoms with E-state index in [1.165, 1.54) is 0 Å². The van der Waals surface area contributed by atoms with Crippen molar-refractivity contribution in [3.05, 3.63) is 0 Å². The van der Waals surface area contributed by atoms with Crippen molar-refractivity contribution < 1.29 is 4.79 Å². The van der Waals surface area contributed by atoms with Crippen LogP contribution in [-0.4, -0.2) is 29.6 Å². The van der Waals surface area contributed by atoms with Gasteiger partial charge < -0.3 is 10.2 Å². The standard InChI is InChI=1S/C11H24N2O/c1-8(2)9(3)13(7)10(14)12-11(4,5)6/h8-9H,1-7H3,(H,12,14). The van der Waals surface area contributed by atoms with E-state index in [2.05, 4.69) is 26.1 Å². The van der Waals surface area contributed by atoms with E-state index < -0.39 is 0 Å². The van der Waals surface area contributed by atoms with Crippen molar-refractivity contribution in [1.29, 1.82) is 0 Å². The molecule has 3 heteroatoms. The van der Waals surface area contributed by atoms with Gasteiger partial charge >= 0.3 is 6.03 Å². The molecule has 2 amide bonds. The Balaban J connectivity index is 4.26. The molecule has 1 atom stereocenters. The van der Waals surface area contributed by atoms with E-state index in [1.54, 1.807) is 4.90 Å². The minimum absolute atomic E-state index is 0.00120. The van der Waals surface area contributed by atoms with Crippen LogP contribution in [0.5, 0.6) is 0 Å². The SMILES string of the molecule is CC(C)C(C)N(C)C(=O)NC(C)(C)C. The number of amides is 2. The van der Waals surface area contributed by atoms with Gasteiger partial charge in [0.1, 0.15) is 0 Å². The number of nitrogens with one attached hydrogen (secondary N) is 1. The first kappa shape index (κ1) is 13.3. The summed E-state index contributed by atoms with van der Waals surface area (Å²) in [5.74, 6) is 0.478. The molecule has 0 saturated carbocycles. The van der Waals surface area contributed by atoms with Crippen molar-refractivity contribution in [2.45, 2.75) is 53.1 Å². The van der Waals surface area contributed by atoms with Gasteiger partial charge in [0.2, 0.25) is 0 Å². The van der Waals surface area contributed by atoms with E-state index in [9.17, 15) is 4.79 Å². The lowest BCUT2D eigenvalue weighted by molar-refractivity contribution is 0.171. The second kappa shape index (κ2) is 4.67. The van der Waals surface area contributed by atoms with Crippen molar-refractivity contribution in [2.75, 3.05) is 7.05 Å². The van der Waals surface area contributed by atoms with E-state index in [0.717, 1.165) is 0 Å². The molecule has 1 unspecified atom stereocenters. The molecule has 0 aromatic rings. The molecule has 1 N–H and O–H groups in total. The number of hydrogen-bond donors (Lipinski definition) is 1. The van der Waals surface area contributed by atoms with Crippen molar-refractivity contribution >= 4 is 6.03 Å². The van der Waals surface area contributed by atoms with Crippen molar-refractivity contribution in [1.82, 2.24) is 10.2 Å². The number of nitrogens with zero attached hydrogens (tertiary/aromatic N) is 1. The number of carbonyl (C=O) groups is 1. The van der Waals surface area contributed by atoms with Crippen molar-refractivity contribution in [2.24, 2.45) is 5.92 Å². The molecule has 0 radical (unpaired) electrons. The lowest BCUT2D eigenvalue weighted by Gasteiger charge is -2.31. The number of urea groups is 1. The van der Waals surface area contributed by atoms with E-state index in [1.807, 2.05) is 27.8 Å². The third-order valence-electron chi connectivity index (χ3n) is 2.38. The van der Waals surface area contributed by atoms with Gasteiger partial charge in [0.15, 0.2) is 0 Å². The fraction of sp³-hybridized carbons (Fsp3) is 0.909. The summed E-state index contributed by atoms with van der Waals surface area (Å²) < 4.78 is 0. The van der Waals surface area contributed by atoms with Gasteiger partial charge in [-0.2, -0.15) is 0 Å². The zero-order chi connectivity index (χ0) is 11.5. The highest BCUT2D eigenvalue weighted by Gasteiger charge is 2.21. The first-order valence-electron chi connectivity index (χ1n) is 5.20. The molecular weight excluding hydrogens is 176 g/mol. The predicted molar refractivity (Wildman–Crippen MR) is 60.3 cm³/mol. The van der Waals surface area contributed by atoms with Crippen LogP contribution in [0.1, 0.15) is 41.5 Å². The lowest BCUT2D eigenvalue weighted by atomic mass is 10.1. The molecule has 0 aromatic heterocycles. The fourth-order valence-electron chi connectivity index (χ4n) is 1.04. The number of carbonyl (C=O) groups excluding carboxylic acids is 1. The van der Waals surface area contributed by atoms with Crippen LogP contribution in [0.3, 0.4) is 0 Å². The molecule has 0 aliphatic rings. The van der Waals surface area contributed by atoms with Crippen LogP contribution in [0.4, 0.5) is 4.79 Å². The Morgan fingerprint density at radius 3 is 1.93 bits per heavy atom. The van der Waals surface area contributed by atoms with Gasteiger partial charge in [-0.1, -0.05) is 13.8 Å². The van der Waals surface area contributed by atoms with Gasteiger partial charge in [-0.15, -0.1) is 0 Å². The van der Waals surface area contributed by atoms with E-state index in [4.69, 9.17) is 0 Å². The van der Waals surface area contributed by atoms with Crippen molar-refractivity contribution in [3.8, 4) is 0 Å². The normalized spacial score (nSPS) is 14.0. The average molecular weight is 200 g/mol.